The van der Waals surface area contributed by atoms with E-state index < -0.39 is 5.97 Å². The van der Waals surface area contributed by atoms with Gasteiger partial charge < -0.3 is 5.11 Å². The second kappa shape index (κ2) is 3.49. The van der Waals surface area contributed by atoms with Gasteiger partial charge in [-0.15, -0.1) is 0 Å². The second-order valence-electron chi connectivity index (χ2n) is 3.13. The summed E-state index contributed by atoms with van der Waals surface area (Å²) in [4.78, 5) is 10.4. The number of carboxylic acids is 1. The Morgan fingerprint density at radius 2 is 2.36 bits per heavy atom. The molecule has 0 spiro atoms. The molecule has 0 saturated carbocycles. The van der Waals surface area contributed by atoms with E-state index in [1.807, 2.05) is 24.4 Å². The molecule has 1 N–H and O–H groups in total. The predicted octanol–water partition coefficient (Wildman–Crippen LogP) is 1.35. The number of nitrogens with zero attached hydrogens (tertiary/aromatic N) is 2. The van der Waals surface area contributed by atoms with Crippen LogP contribution in [0.4, 0.5) is 0 Å². The van der Waals surface area contributed by atoms with Gasteiger partial charge in [0.15, 0.2) is 0 Å². The molecular formula is C10H10N2O2. The summed E-state index contributed by atoms with van der Waals surface area (Å²) in [5.41, 5.74) is 2.02. The monoisotopic (exact) mass is 190 g/mol. The third-order valence-corrected chi connectivity index (χ3v) is 2.09. The maximum Gasteiger partial charge on any atom is 0.303 e. The largest absolute Gasteiger partial charge is 0.481 e. The van der Waals surface area contributed by atoms with Gasteiger partial charge in [-0.05, 0) is 30.2 Å². The summed E-state index contributed by atoms with van der Waals surface area (Å²) in [6.45, 7) is 0. The maximum absolute atomic E-state index is 10.4. The predicted molar refractivity (Wildman–Crippen MR) is 51.1 cm³/mol. The molecule has 0 radical (unpaired) electrons. The Kier molecular flexibility index (Phi) is 2.18. The number of fused-ring (bicyclic) bond motifs is 1. The Hall–Kier alpha value is -1.84. The van der Waals surface area contributed by atoms with Gasteiger partial charge in [0.25, 0.3) is 0 Å². The van der Waals surface area contributed by atoms with E-state index in [2.05, 4.69) is 5.10 Å². The van der Waals surface area contributed by atoms with E-state index in [4.69, 9.17) is 5.11 Å². The van der Waals surface area contributed by atoms with Crippen LogP contribution in [0.15, 0.2) is 30.6 Å². The molecule has 2 heterocycles. The van der Waals surface area contributed by atoms with Crippen LogP contribution in [0.25, 0.3) is 5.52 Å². The zero-order valence-corrected chi connectivity index (χ0v) is 7.55. The van der Waals surface area contributed by atoms with Crippen molar-refractivity contribution in [2.45, 2.75) is 12.8 Å². The van der Waals surface area contributed by atoms with Crippen molar-refractivity contribution in [3.8, 4) is 0 Å². The Morgan fingerprint density at radius 1 is 1.50 bits per heavy atom. The Balaban J connectivity index is 2.21. The fraction of sp³-hybridized carbons (Fsp3) is 0.200. The van der Waals surface area contributed by atoms with Gasteiger partial charge in [-0.2, -0.15) is 5.10 Å². The second-order valence-corrected chi connectivity index (χ2v) is 3.13. The molecule has 2 aromatic heterocycles. The molecule has 2 aromatic rings. The van der Waals surface area contributed by atoms with Crippen LogP contribution in [0.2, 0.25) is 0 Å². The summed E-state index contributed by atoms with van der Waals surface area (Å²) in [5.74, 6) is -0.765. The van der Waals surface area contributed by atoms with Crippen LogP contribution in [0.1, 0.15) is 12.0 Å². The zero-order chi connectivity index (χ0) is 9.97. The summed E-state index contributed by atoms with van der Waals surface area (Å²) >= 11 is 0. The highest BCUT2D eigenvalue weighted by Gasteiger charge is 2.00. The summed E-state index contributed by atoms with van der Waals surface area (Å²) < 4.78 is 1.75. The van der Waals surface area contributed by atoms with Gasteiger partial charge in [0.1, 0.15) is 0 Å². The van der Waals surface area contributed by atoms with Gasteiger partial charge in [0, 0.05) is 18.8 Å². The van der Waals surface area contributed by atoms with Gasteiger partial charge in [0.05, 0.1) is 5.52 Å². The lowest BCUT2D eigenvalue weighted by Gasteiger charge is -1.99. The van der Waals surface area contributed by atoms with Gasteiger partial charge in [-0.25, -0.2) is 4.52 Å². The number of aliphatic carboxylic acids is 1. The summed E-state index contributed by atoms with van der Waals surface area (Å²) in [6.07, 6.45) is 4.30. The molecule has 72 valence electrons. The molecule has 0 fully saturated rings. The Labute approximate surface area is 80.8 Å². The summed E-state index contributed by atoms with van der Waals surface area (Å²) in [7, 11) is 0. The van der Waals surface area contributed by atoms with Crippen LogP contribution < -0.4 is 0 Å². The van der Waals surface area contributed by atoms with Crippen LogP contribution in [-0.2, 0) is 11.2 Å². The van der Waals surface area contributed by atoms with Gasteiger partial charge in [0.2, 0.25) is 0 Å². The van der Waals surface area contributed by atoms with Gasteiger partial charge in [-0.1, -0.05) is 0 Å². The lowest BCUT2D eigenvalue weighted by atomic mass is 10.1. The normalized spacial score (nSPS) is 10.6. The number of hydrogen-bond donors (Lipinski definition) is 1. The van der Waals surface area contributed by atoms with Crippen molar-refractivity contribution in [2.24, 2.45) is 0 Å². The third kappa shape index (κ3) is 1.74. The molecule has 0 aliphatic rings. The molecule has 0 unspecified atom stereocenters. The van der Waals surface area contributed by atoms with E-state index in [9.17, 15) is 4.79 Å². The molecule has 4 heteroatoms. The summed E-state index contributed by atoms with van der Waals surface area (Å²) in [5, 5.41) is 12.6. The van der Waals surface area contributed by atoms with E-state index in [0.717, 1.165) is 11.1 Å². The van der Waals surface area contributed by atoms with Crippen molar-refractivity contribution in [3.05, 3.63) is 36.2 Å². The highest BCUT2D eigenvalue weighted by atomic mass is 16.4. The topological polar surface area (TPSA) is 54.6 Å². The fourth-order valence-electron chi connectivity index (χ4n) is 1.37. The van der Waals surface area contributed by atoms with E-state index in [0.29, 0.717) is 6.42 Å². The molecule has 4 nitrogen and oxygen atoms in total. The molecule has 0 bridgehead atoms. The van der Waals surface area contributed by atoms with Crippen molar-refractivity contribution in [2.75, 3.05) is 0 Å². The van der Waals surface area contributed by atoms with Crippen LogP contribution in [-0.4, -0.2) is 20.7 Å². The molecule has 0 aliphatic carbocycles. The lowest BCUT2D eigenvalue weighted by molar-refractivity contribution is -0.136. The first kappa shape index (κ1) is 8.74. The average molecular weight is 190 g/mol. The van der Waals surface area contributed by atoms with Crippen molar-refractivity contribution < 1.29 is 9.90 Å². The minimum atomic E-state index is -0.765. The van der Waals surface area contributed by atoms with E-state index >= 15 is 0 Å². The first-order chi connectivity index (χ1) is 6.75. The molecule has 0 aromatic carbocycles. The molecular weight excluding hydrogens is 180 g/mol. The number of carboxylic acid groups (broad SMARTS) is 1. The van der Waals surface area contributed by atoms with E-state index in [-0.39, 0.29) is 6.42 Å². The van der Waals surface area contributed by atoms with Crippen LogP contribution >= 0.6 is 0 Å². The van der Waals surface area contributed by atoms with Crippen molar-refractivity contribution in [3.63, 3.8) is 0 Å². The maximum atomic E-state index is 10.4. The Morgan fingerprint density at radius 3 is 3.14 bits per heavy atom. The number of rotatable bonds is 3. The molecule has 0 saturated heterocycles. The molecule has 0 amide bonds. The number of pyridine rings is 1. The smallest absolute Gasteiger partial charge is 0.303 e. The van der Waals surface area contributed by atoms with Crippen LogP contribution in [0.3, 0.4) is 0 Å². The average Bonchev–Trinajstić information content (AvgIpc) is 2.61. The lowest BCUT2D eigenvalue weighted by Crippen LogP contribution is -1.98. The standard InChI is InChI=1S/C10H10N2O2/c13-10(14)2-1-8-4-6-12-9(7-8)3-5-11-12/h3-7H,1-2H2,(H,13,14). The first-order valence-corrected chi connectivity index (χ1v) is 4.40. The third-order valence-electron chi connectivity index (χ3n) is 2.09. The molecule has 0 aliphatic heterocycles. The molecule has 2 rings (SSSR count). The SMILES string of the molecule is O=C(O)CCc1ccn2nccc2c1. The van der Waals surface area contributed by atoms with Crippen molar-refractivity contribution in [1.82, 2.24) is 9.61 Å². The van der Waals surface area contributed by atoms with Crippen LogP contribution in [0.5, 0.6) is 0 Å². The minimum Gasteiger partial charge on any atom is -0.481 e. The molecule has 0 atom stereocenters. The fourth-order valence-corrected chi connectivity index (χ4v) is 1.37. The van der Waals surface area contributed by atoms with Crippen LogP contribution in [0, 0.1) is 0 Å². The zero-order valence-electron chi connectivity index (χ0n) is 7.55. The highest BCUT2D eigenvalue weighted by Crippen LogP contribution is 2.08. The summed E-state index contributed by atoms with van der Waals surface area (Å²) in [6, 6.07) is 5.74. The van der Waals surface area contributed by atoms with Gasteiger partial charge in [-0.3, -0.25) is 4.79 Å². The minimum absolute atomic E-state index is 0.171. The Bertz CT molecular complexity index is 462. The van der Waals surface area contributed by atoms with E-state index in [1.165, 1.54) is 0 Å². The number of carbonyl (C=O) groups is 1. The van der Waals surface area contributed by atoms with Crippen molar-refractivity contribution in [1.29, 1.82) is 0 Å². The molecule has 14 heavy (non-hydrogen) atoms. The number of aryl methyl sites for hydroxylation is 1. The van der Waals surface area contributed by atoms with E-state index in [1.54, 1.807) is 10.7 Å². The first-order valence-electron chi connectivity index (χ1n) is 4.40. The van der Waals surface area contributed by atoms with Crippen molar-refractivity contribution >= 4 is 11.5 Å². The number of aromatic nitrogens is 2. The highest BCUT2D eigenvalue weighted by molar-refractivity contribution is 5.67. The quantitative estimate of drug-likeness (QED) is 0.794. The van der Waals surface area contributed by atoms with Gasteiger partial charge >= 0.3 is 5.97 Å². The number of hydrogen-bond acceptors (Lipinski definition) is 2.